The fourth-order valence-corrected chi connectivity index (χ4v) is 3.34. The molecular weight excluding hydrogens is 348 g/mol. The molecule has 3 rings (SSSR count). The van der Waals surface area contributed by atoms with Crippen LogP contribution in [0, 0.1) is 6.92 Å². The highest BCUT2D eigenvalue weighted by Crippen LogP contribution is 2.22. The number of hydrogen-bond acceptors (Lipinski definition) is 5. The maximum atomic E-state index is 12.5. The number of nitrogens with one attached hydrogen (secondary N) is 3. The molecule has 144 valence electrons. The van der Waals surface area contributed by atoms with Gasteiger partial charge in [-0.15, -0.1) is 0 Å². The maximum absolute atomic E-state index is 12.5. The van der Waals surface area contributed by atoms with Crippen LogP contribution in [0.15, 0.2) is 39.7 Å². The van der Waals surface area contributed by atoms with Gasteiger partial charge in [-0.2, -0.15) is 0 Å². The highest BCUT2D eigenvalue weighted by Gasteiger charge is 2.37. The van der Waals surface area contributed by atoms with Gasteiger partial charge >= 0.3 is 0 Å². The Labute approximate surface area is 156 Å². The Bertz CT molecular complexity index is 852. The lowest BCUT2D eigenvalue weighted by molar-refractivity contribution is -0.125. The SMILES string of the molecule is CCNC(=O)[C@@H]1C[C@H](NC(=O)c2ccc(=O)[nH]c2)CN1Cc1ccc(C)o1. The molecule has 0 bridgehead atoms. The van der Waals surface area contributed by atoms with E-state index >= 15 is 0 Å². The molecular formula is C19H24N4O4. The number of furan rings is 1. The fraction of sp³-hybridized carbons (Fsp3) is 0.421. The average Bonchev–Trinajstić information content (AvgIpc) is 3.22. The van der Waals surface area contributed by atoms with Gasteiger partial charge in [0.15, 0.2) is 0 Å². The summed E-state index contributed by atoms with van der Waals surface area (Å²) in [5.74, 6) is 1.28. The lowest BCUT2D eigenvalue weighted by atomic mass is 10.1. The molecule has 1 saturated heterocycles. The minimum Gasteiger partial charge on any atom is -0.465 e. The van der Waals surface area contributed by atoms with E-state index < -0.39 is 0 Å². The molecule has 0 aromatic carbocycles. The summed E-state index contributed by atoms with van der Waals surface area (Å²) in [4.78, 5) is 40.5. The third-order valence-electron chi connectivity index (χ3n) is 4.59. The van der Waals surface area contributed by atoms with Crippen molar-refractivity contribution in [2.45, 2.75) is 38.9 Å². The van der Waals surface area contributed by atoms with Crippen LogP contribution in [0.4, 0.5) is 0 Å². The molecule has 2 amide bonds. The van der Waals surface area contributed by atoms with E-state index in [0.29, 0.717) is 31.6 Å². The molecule has 2 aromatic rings. The van der Waals surface area contributed by atoms with Crippen molar-refractivity contribution in [2.24, 2.45) is 0 Å². The number of amides is 2. The van der Waals surface area contributed by atoms with Gasteiger partial charge in [0.2, 0.25) is 11.5 Å². The number of rotatable bonds is 6. The number of carbonyl (C=O) groups excluding carboxylic acids is 2. The van der Waals surface area contributed by atoms with Gasteiger partial charge in [-0.25, -0.2) is 0 Å². The lowest BCUT2D eigenvalue weighted by Crippen LogP contribution is -2.42. The molecule has 0 spiro atoms. The fourth-order valence-electron chi connectivity index (χ4n) is 3.34. The van der Waals surface area contributed by atoms with Gasteiger partial charge in [0.05, 0.1) is 18.2 Å². The molecule has 0 radical (unpaired) electrons. The second-order valence-electron chi connectivity index (χ2n) is 6.70. The maximum Gasteiger partial charge on any atom is 0.253 e. The van der Waals surface area contributed by atoms with Crippen molar-refractivity contribution < 1.29 is 14.0 Å². The Hall–Kier alpha value is -2.87. The molecule has 3 heterocycles. The van der Waals surface area contributed by atoms with Crippen molar-refractivity contribution in [2.75, 3.05) is 13.1 Å². The summed E-state index contributed by atoms with van der Waals surface area (Å²) in [5, 5.41) is 5.81. The van der Waals surface area contributed by atoms with E-state index in [9.17, 15) is 14.4 Å². The van der Waals surface area contributed by atoms with E-state index in [2.05, 4.69) is 15.6 Å². The van der Waals surface area contributed by atoms with Crippen molar-refractivity contribution >= 4 is 11.8 Å². The summed E-state index contributed by atoms with van der Waals surface area (Å²) in [6, 6.07) is 6.07. The Morgan fingerprint density at radius 3 is 2.74 bits per heavy atom. The quantitative estimate of drug-likeness (QED) is 0.695. The summed E-state index contributed by atoms with van der Waals surface area (Å²) in [7, 11) is 0. The zero-order valence-corrected chi connectivity index (χ0v) is 15.5. The summed E-state index contributed by atoms with van der Waals surface area (Å²) in [5.41, 5.74) is 0.118. The van der Waals surface area contributed by atoms with Crippen molar-refractivity contribution in [1.82, 2.24) is 20.5 Å². The molecule has 1 aliphatic heterocycles. The van der Waals surface area contributed by atoms with Crippen molar-refractivity contribution in [3.8, 4) is 0 Å². The summed E-state index contributed by atoms with van der Waals surface area (Å²) < 4.78 is 5.64. The second-order valence-corrected chi connectivity index (χ2v) is 6.70. The van der Waals surface area contributed by atoms with E-state index in [1.165, 1.54) is 18.3 Å². The highest BCUT2D eigenvalue weighted by molar-refractivity contribution is 5.94. The Morgan fingerprint density at radius 2 is 2.11 bits per heavy atom. The number of pyridine rings is 1. The van der Waals surface area contributed by atoms with E-state index in [0.717, 1.165) is 11.5 Å². The molecule has 3 N–H and O–H groups in total. The first-order valence-corrected chi connectivity index (χ1v) is 9.03. The molecule has 1 aliphatic rings. The number of likely N-dealkylation sites (tertiary alicyclic amines) is 1. The number of aromatic amines is 1. The van der Waals surface area contributed by atoms with E-state index in [1.54, 1.807) is 0 Å². The van der Waals surface area contributed by atoms with Crippen LogP contribution in [0.5, 0.6) is 0 Å². The van der Waals surface area contributed by atoms with Gasteiger partial charge in [-0.1, -0.05) is 0 Å². The first kappa shape index (κ1) is 18.9. The largest absolute Gasteiger partial charge is 0.465 e. The van der Waals surface area contributed by atoms with Gasteiger partial charge in [-0.3, -0.25) is 19.3 Å². The van der Waals surface area contributed by atoms with E-state index in [4.69, 9.17) is 4.42 Å². The van der Waals surface area contributed by atoms with Crippen molar-refractivity contribution in [1.29, 1.82) is 0 Å². The predicted octanol–water partition coefficient (Wildman–Crippen LogP) is 0.785. The molecule has 0 aliphatic carbocycles. The molecule has 0 unspecified atom stereocenters. The Balaban J connectivity index is 1.69. The molecule has 8 heteroatoms. The average molecular weight is 372 g/mol. The first-order valence-electron chi connectivity index (χ1n) is 9.03. The second kappa shape index (κ2) is 8.22. The zero-order valence-electron chi connectivity index (χ0n) is 15.5. The third-order valence-corrected chi connectivity index (χ3v) is 4.59. The van der Waals surface area contributed by atoms with Gasteiger partial charge in [-0.05, 0) is 38.5 Å². The van der Waals surface area contributed by atoms with Gasteiger partial charge < -0.3 is 20.0 Å². The first-order chi connectivity index (χ1) is 13.0. The monoisotopic (exact) mass is 372 g/mol. The minimum absolute atomic E-state index is 0.0541. The van der Waals surface area contributed by atoms with E-state index in [-0.39, 0.29) is 29.5 Å². The number of aryl methyl sites for hydroxylation is 1. The van der Waals surface area contributed by atoms with Gasteiger partial charge in [0.25, 0.3) is 5.91 Å². The van der Waals surface area contributed by atoms with Crippen LogP contribution < -0.4 is 16.2 Å². The van der Waals surface area contributed by atoms with Crippen molar-refractivity contribution in [3.63, 3.8) is 0 Å². The summed E-state index contributed by atoms with van der Waals surface area (Å²) in [6.45, 7) is 5.35. The van der Waals surface area contributed by atoms with Crippen LogP contribution in [0.1, 0.15) is 35.2 Å². The van der Waals surface area contributed by atoms with Crippen LogP contribution in [-0.2, 0) is 11.3 Å². The molecule has 27 heavy (non-hydrogen) atoms. The minimum atomic E-state index is -0.337. The number of aromatic nitrogens is 1. The Kier molecular flexibility index (Phi) is 5.75. The number of H-pyrrole nitrogens is 1. The third kappa shape index (κ3) is 4.65. The zero-order chi connectivity index (χ0) is 19.4. The Morgan fingerprint density at radius 1 is 1.30 bits per heavy atom. The smallest absolute Gasteiger partial charge is 0.253 e. The number of carbonyl (C=O) groups is 2. The number of likely N-dealkylation sites (N-methyl/N-ethyl adjacent to an activating group) is 1. The standard InChI is InChI=1S/C19H24N4O4/c1-3-20-19(26)16-8-14(10-23(16)11-15-6-4-12(2)27-15)22-18(25)13-5-7-17(24)21-9-13/h4-7,9,14,16H,3,8,10-11H2,1-2H3,(H,20,26)(H,21,24)(H,22,25)/t14-,16-/m0/s1. The van der Waals surface area contributed by atoms with Gasteiger partial charge in [0.1, 0.15) is 11.5 Å². The molecule has 1 fully saturated rings. The summed E-state index contributed by atoms with van der Waals surface area (Å²) in [6.07, 6.45) is 1.90. The van der Waals surface area contributed by atoms with Crippen LogP contribution >= 0.6 is 0 Å². The lowest BCUT2D eigenvalue weighted by Gasteiger charge is -2.22. The number of hydrogen-bond donors (Lipinski definition) is 3. The van der Waals surface area contributed by atoms with Crippen LogP contribution in [0.25, 0.3) is 0 Å². The predicted molar refractivity (Wildman–Crippen MR) is 99.3 cm³/mol. The van der Waals surface area contributed by atoms with Crippen LogP contribution in [0.2, 0.25) is 0 Å². The van der Waals surface area contributed by atoms with Crippen LogP contribution in [0.3, 0.4) is 0 Å². The highest BCUT2D eigenvalue weighted by atomic mass is 16.3. The van der Waals surface area contributed by atoms with E-state index in [1.807, 2.05) is 30.9 Å². The molecule has 2 atom stereocenters. The number of nitrogens with zero attached hydrogens (tertiary/aromatic N) is 1. The molecule has 8 nitrogen and oxygen atoms in total. The molecule has 0 saturated carbocycles. The topological polar surface area (TPSA) is 107 Å². The molecule has 2 aromatic heterocycles. The van der Waals surface area contributed by atoms with Crippen LogP contribution in [-0.4, -0.2) is 46.9 Å². The van der Waals surface area contributed by atoms with Gasteiger partial charge in [0, 0.05) is 31.4 Å². The summed E-state index contributed by atoms with van der Waals surface area (Å²) >= 11 is 0. The van der Waals surface area contributed by atoms with Crippen molar-refractivity contribution in [3.05, 3.63) is 57.9 Å². The normalized spacial score (nSPS) is 19.8.